The van der Waals surface area contributed by atoms with Crippen molar-refractivity contribution in [3.8, 4) is 17.2 Å². The minimum atomic E-state index is -0.432. The highest BCUT2D eigenvalue weighted by Crippen LogP contribution is 2.20. The first-order chi connectivity index (χ1) is 22.9. The summed E-state index contributed by atoms with van der Waals surface area (Å²) in [5.74, 6) is 1.27. The van der Waals surface area contributed by atoms with Gasteiger partial charge in [0.1, 0.15) is 17.2 Å². The highest BCUT2D eigenvalue weighted by molar-refractivity contribution is 5.91. The molecule has 0 fully saturated rings. The van der Waals surface area contributed by atoms with Gasteiger partial charge < -0.3 is 30.4 Å². The van der Waals surface area contributed by atoms with Crippen LogP contribution < -0.4 is 25.7 Å². The summed E-state index contributed by atoms with van der Waals surface area (Å²) in [6, 6.07) is 19.6. The average Bonchev–Trinajstić information content (AvgIpc) is 3.06. The number of esters is 2. The fourth-order valence-electron chi connectivity index (χ4n) is 4.99. The van der Waals surface area contributed by atoms with E-state index in [9.17, 15) is 9.59 Å². The van der Waals surface area contributed by atoms with E-state index in [2.05, 4.69) is 6.92 Å². The smallest absolute Gasteiger partial charge is 0.338 e. The van der Waals surface area contributed by atoms with Crippen molar-refractivity contribution in [2.24, 2.45) is 0 Å². The Labute approximate surface area is 280 Å². The molecule has 0 unspecified atom stereocenters. The van der Waals surface area contributed by atoms with Crippen LogP contribution in [0.3, 0.4) is 0 Å². The minimum Gasteiger partial charge on any atom is -0.494 e. The van der Waals surface area contributed by atoms with E-state index in [-0.39, 0.29) is 5.97 Å². The number of nitrogens with two attached hydrogens (primary N) is 2. The lowest BCUT2D eigenvalue weighted by Gasteiger charge is -2.07. The maximum atomic E-state index is 12.2. The summed E-state index contributed by atoms with van der Waals surface area (Å²) >= 11 is 0. The van der Waals surface area contributed by atoms with Crippen molar-refractivity contribution in [1.29, 1.82) is 0 Å². The molecule has 4 N–H and O–H groups in total. The zero-order chi connectivity index (χ0) is 33.5. The molecule has 0 spiro atoms. The highest BCUT2D eigenvalue weighted by Gasteiger charge is 2.08. The Kier molecular flexibility index (Phi) is 17.4. The molecule has 3 aromatic carbocycles. The first-order valence-electron chi connectivity index (χ1n) is 17.1. The quantitative estimate of drug-likeness (QED) is 0.0344. The number of anilines is 2. The minimum absolute atomic E-state index is 0.381. The monoisotopic (exact) mass is 644 g/mol. The third kappa shape index (κ3) is 16.1. The summed E-state index contributed by atoms with van der Waals surface area (Å²) in [5.41, 5.74) is 13.7. The van der Waals surface area contributed by atoms with E-state index >= 15 is 0 Å². The molecule has 0 radical (unpaired) electrons. The second-order valence-electron chi connectivity index (χ2n) is 11.8. The third-order valence-electron chi connectivity index (χ3n) is 7.60. The molecule has 0 bridgehead atoms. The Morgan fingerprint density at radius 3 is 1.62 bits per heavy atom. The SMILES string of the molecule is CCCCCCOc1ccc(OC(=O)/C=C/c2ccc(OCCCCCCCCCCCOC(=O)c3cc(N)cc(N)c3)cc2)cc1. The van der Waals surface area contributed by atoms with E-state index in [1.54, 1.807) is 36.4 Å². The first-order valence-corrected chi connectivity index (χ1v) is 17.1. The Morgan fingerprint density at radius 1 is 0.596 bits per heavy atom. The standard InChI is InChI=1S/C39H52N2O6/c1-2-3-4-12-25-45-36-20-22-37(23-21-36)47-38(42)24-17-31-15-18-35(19-16-31)44-26-13-10-8-6-5-7-9-11-14-27-46-39(43)32-28-33(40)30-34(41)29-32/h15-24,28-30H,2-14,25-27,40-41H2,1H3/b24-17+. The summed E-state index contributed by atoms with van der Waals surface area (Å²) in [6.07, 6.45) is 17.8. The third-order valence-corrected chi connectivity index (χ3v) is 7.60. The van der Waals surface area contributed by atoms with Crippen molar-refractivity contribution in [3.05, 3.63) is 83.9 Å². The number of rotatable bonds is 23. The topological polar surface area (TPSA) is 123 Å². The molecule has 8 heteroatoms. The molecule has 0 aliphatic carbocycles. The van der Waals surface area contributed by atoms with Crippen LogP contribution in [-0.4, -0.2) is 31.8 Å². The van der Waals surface area contributed by atoms with E-state index in [1.807, 2.05) is 36.4 Å². The highest BCUT2D eigenvalue weighted by atomic mass is 16.5. The number of ether oxygens (including phenoxy) is 4. The molecule has 254 valence electrons. The van der Waals surface area contributed by atoms with Gasteiger partial charge in [-0.1, -0.05) is 83.3 Å². The van der Waals surface area contributed by atoms with Gasteiger partial charge in [0.25, 0.3) is 0 Å². The summed E-state index contributed by atoms with van der Waals surface area (Å²) in [6.45, 7) is 3.98. The van der Waals surface area contributed by atoms with Crippen LogP contribution in [0.1, 0.15) is 106 Å². The van der Waals surface area contributed by atoms with E-state index in [0.717, 1.165) is 55.6 Å². The van der Waals surface area contributed by atoms with Gasteiger partial charge >= 0.3 is 11.9 Å². The van der Waals surface area contributed by atoms with Crippen LogP contribution in [0.15, 0.2) is 72.8 Å². The van der Waals surface area contributed by atoms with Gasteiger partial charge in [-0.15, -0.1) is 0 Å². The van der Waals surface area contributed by atoms with Crippen LogP contribution >= 0.6 is 0 Å². The number of carbonyl (C=O) groups excluding carboxylic acids is 2. The number of hydrogen-bond acceptors (Lipinski definition) is 8. The number of unbranched alkanes of at least 4 members (excludes halogenated alkanes) is 11. The summed E-state index contributed by atoms with van der Waals surface area (Å²) in [4.78, 5) is 24.3. The lowest BCUT2D eigenvalue weighted by molar-refractivity contribution is -0.128. The summed E-state index contributed by atoms with van der Waals surface area (Å²) < 4.78 is 22.3. The summed E-state index contributed by atoms with van der Waals surface area (Å²) in [5, 5.41) is 0. The van der Waals surface area contributed by atoms with Gasteiger partial charge in [-0.2, -0.15) is 0 Å². The lowest BCUT2D eigenvalue weighted by Crippen LogP contribution is -2.07. The van der Waals surface area contributed by atoms with E-state index in [4.69, 9.17) is 30.4 Å². The van der Waals surface area contributed by atoms with Gasteiger partial charge in [0.2, 0.25) is 0 Å². The van der Waals surface area contributed by atoms with Gasteiger partial charge in [-0.3, -0.25) is 0 Å². The van der Waals surface area contributed by atoms with Gasteiger partial charge in [0.15, 0.2) is 0 Å². The molecule has 0 amide bonds. The number of hydrogen-bond donors (Lipinski definition) is 2. The molecule has 0 aliphatic heterocycles. The van der Waals surface area contributed by atoms with Crippen molar-refractivity contribution in [2.45, 2.75) is 90.4 Å². The van der Waals surface area contributed by atoms with Gasteiger partial charge in [0, 0.05) is 17.5 Å². The molecule has 0 saturated heterocycles. The maximum Gasteiger partial charge on any atom is 0.338 e. The Balaban J connectivity index is 1.16. The zero-order valence-electron chi connectivity index (χ0n) is 27.9. The van der Waals surface area contributed by atoms with Gasteiger partial charge in [0.05, 0.1) is 25.4 Å². The Bertz CT molecular complexity index is 1330. The van der Waals surface area contributed by atoms with E-state index in [0.29, 0.717) is 42.5 Å². The van der Waals surface area contributed by atoms with Crippen LogP contribution in [-0.2, 0) is 9.53 Å². The second-order valence-corrected chi connectivity index (χ2v) is 11.8. The normalized spacial score (nSPS) is 11.0. The average molecular weight is 645 g/mol. The zero-order valence-corrected chi connectivity index (χ0v) is 27.9. The molecule has 3 rings (SSSR count). The van der Waals surface area contributed by atoms with Crippen molar-refractivity contribution >= 4 is 29.4 Å². The Morgan fingerprint density at radius 2 is 1.06 bits per heavy atom. The van der Waals surface area contributed by atoms with Gasteiger partial charge in [-0.25, -0.2) is 9.59 Å². The summed E-state index contributed by atoms with van der Waals surface area (Å²) in [7, 11) is 0. The maximum absolute atomic E-state index is 12.2. The fraction of sp³-hybridized carbons (Fsp3) is 0.436. The van der Waals surface area contributed by atoms with Crippen molar-refractivity contribution < 1.29 is 28.5 Å². The predicted molar refractivity (Wildman–Crippen MR) is 190 cm³/mol. The van der Waals surface area contributed by atoms with Crippen LogP contribution in [0.4, 0.5) is 11.4 Å². The molecule has 0 heterocycles. The molecule has 0 aliphatic rings. The predicted octanol–water partition coefficient (Wildman–Crippen LogP) is 9.18. The largest absolute Gasteiger partial charge is 0.494 e. The number of nitrogen functional groups attached to an aromatic ring is 2. The first kappa shape index (κ1) is 37.0. The van der Waals surface area contributed by atoms with Crippen LogP contribution in [0.5, 0.6) is 17.2 Å². The molecule has 47 heavy (non-hydrogen) atoms. The molecular formula is C39H52N2O6. The van der Waals surface area contributed by atoms with Gasteiger partial charge in [-0.05, 0) is 85.5 Å². The van der Waals surface area contributed by atoms with Crippen LogP contribution in [0.2, 0.25) is 0 Å². The molecular weight excluding hydrogens is 592 g/mol. The molecule has 0 aromatic heterocycles. The number of carbonyl (C=O) groups is 2. The number of benzene rings is 3. The molecule has 0 atom stereocenters. The lowest BCUT2D eigenvalue weighted by atomic mass is 10.1. The van der Waals surface area contributed by atoms with E-state index in [1.165, 1.54) is 51.0 Å². The van der Waals surface area contributed by atoms with Crippen LogP contribution in [0, 0.1) is 0 Å². The van der Waals surface area contributed by atoms with Crippen molar-refractivity contribution in [1.82, 2.24) is 0 Å². The van der Waals surface area contributed by atoms with Crippen molar-refractivity contribution in [2.75, 3.05) is 31.3 Å². The van der Waals surface area contributed by atoms with Crippen molar-refractivity contribution in [3.63, 3.8) is 0 Å². The molecule has 0 saturated carbocycles. The Hall–Kier alpha value is -4.46. The molecule has 3 aromatic rings. The second kappa shape index (κ2) is 22.1. The fourth-order valence-corrected chi connectivity index (χ4v) is 4.99. The van der Waals surface area contributed by atoms with E-state index < -0.39 is 5.97 Å². The molecule has 8 nitrogen and oxygen atoms in total. The van der Waals surface area contributed by atoms with Crippen LogP contribution in [0.25, 0.3) is 6.08 Å².